The molecule has 3 rings (SSSR count). The maximum absolute atomic E-state index is 13.0. The predicted octanol–water partition coefficient (Wildman–Crippen LogP) is 4.40. The van der Waals surface area contributed by atoms with Crippen molar-refractivity contribution in [2.45, 2.75) is 18.0 Å². The third-order valence-electron chi connectivity index (χ3n) is 3.81. The molecule has 12 heteroatoms. The average molecular weight is 457 g/mol. The number of primary sulfonamides is 1. The van der Waals surface area contributed by atoms with Crippen LogP contribution in [0.5, 0.6) is 5.06 Å². The van der Waals surface area contributed by atoms with Gasteiger partial charge >= 0.3 is 12.3 Å². The van der Waals surface area contributed by atoms with Gasteiger partial charge in [-0.2, -0.15) is 13.2 Å². The second kappa shape index (κ2) is 8.05. The average Bonchev–Trinajstić information content (AvgIpc) is 3.02. The molecule has 2 aromatic carbocycles. The Bertz CT molecular complexity index is 1190. The van der Waals surface area contributed by atoms with Crippen LogP contribution in [-0.2, 0) is 16.2 Å². The zero-order chi connectivity index (χ0) is 22.1. The van der Waals surface area contributed by atoms with Crippen LogP contribution in [0.2, 0.25) is 0 Å². The van der Waals surface area contributed by atoms with Crippen molar-refractivity contribution in [3.05, 3.63) is 59.2 Å². The lowest BCUT2D eigenvalue weighted by atomic mass is 10.0. The van der Waals surface area contributed by atoms with E-state index in [4.69, 9.17) is 9.88 Å². The van der Waals surface area contributed by atoms with Crippen LogP contribution in [-0.4, -0.2) is 19.5 Å². The number of para-hydroxylation sites is 1. The molecule has 0 atom stereocenters. The first-order valence-corrected chi connectivity index (χ1v) is 10.6. The summed E-state index contributed by atoms with van der Waals surface area (Å²) in [4.78, 5) is 15.5. The smallest absolute Gasteiger partial charge is 0.397 e. The summed E-state index contributed by atoms with van der Waals surface area (Å²) in [5, 5.41) is 6.91. The molecule has 0 spiro atoms. The number of sulfonamides is 1. The number of nitrogens with one attached hydrogen (secondary N) is 1. The lowest BCUT2D eigenvalue weighted by molar-refractivity contribution is -0.141. The fraction of sp³-hybridized carbons (Fsp3) is 0.111. The maximum atomic E-state index is 13.0. The van der Waals surface area contributed by atoms with E-state index in [0.29, 0.717) is 22.5 Å². The molecule has 0 aliphatic rings. The van der Waals surface area contributed by atoms with Crippen molar-refractivity contribution < 1.29 is 31.1 Å². The van der Waals surface area contributed by atoms with Crippen molar-refractivity contribution >= 4 is 33.1 Å². The van der Waals surface area contributed by atoms with Crippen LogP contribution in [0.15, 0.2) is 53.4 Å². The quantitative estimate of drug-likeness (QED) is 0.603. The second-order valence-corrected chi connectivity index (χ2v) is 8.72. The van der Waals surface area contributed by atoms with Crippen LogP contribution >= 0.6 is 11.3 Å². The normalized spacial score (nSPS) is 11.9. The Morgan fingerprint density at radius 1 is 1.13 bits per heavy atom. The fourth-order valence-electron chi connectivity index (χ4n) is 2.54. The molecule has 3 N–H and O–H groups in total. The van der Waals surface area contributed by atoms with E-state index in [0.717, 1.165) is 0 Å². The number of nitrogens with two attached hydrogens (primary N) is 1. The summed E-state index contributed by atoms with van der Waals surface area (Å²) in [5.41, 5.74) is 0.0162. The van der Waals surface area contributed by atoms with E-state index in [1.807, 2.05) is 0 Å². The molecule has 158 valence electrons. The molecule has 0 saturated heterocycles. The molecule has 0 radical (unpaired) electrons. The maximum Gasteiger partial charge on any atom is 0.438 e. The van der Waals surface area contributed by atoms with Gasteiger partial charge in [-0.05, 0) is 30.7 Å². The number of thiazole rings is 1. The van der Waals surface area contributed by atoms with E-state index in [1.165, 1.54) is 37.3 Å². The minimum Gasteiger partial charge on any atom is -0.397 e. The van der Waals surface area contributed by atoms with Crippen molar-refractivity contribution in [1.82, 2.24) is 4.98 Å². The molecule has 1 aromatic heterocycles. The molecule has 0 bridgehead atoms. The summed E-state index contributed by atoms with van der Waals surface area (Å²) in [6.45, 7) is 1.37. The van der Waals surface area contributed by atoms with Crippen LogP contribution in [0.1, 0.15) is 10.7 Å². The number of carbonyl (C=O) groups is 1. The van der Waals surface area contributed by atoms with Gasteiger partial charge in [-0.15, -0.1) is 0 Å². The Balaban J connectivity index is 1.85. The molecule has 1 heterocycles. The Hall–Kier alpha value is -2.96. The Labute approximate surface area is 173 Å². The first-order valence-electron chi connectivity index (χ1n) is 8.21. The topological polar surface area (TPSA) is 111 Å². The van der Waals surface area contributed by atoms with Crippen LogP contribution < -0.4 is 15.2 Å². The second-order valence-electron chi connectivity index (χ2n) is 6.00. The zero-order valence-electron chi connectivity index (χ0n) is 15.2. The number of aromatic nitrogens is 1. The summed E-state index contributed by atoms with van der Waals surface area (Å²) >= 11 is 0.602. The number of nitrogens with zero attached hydrogens (tertiary/aromatic N) is 1. The third-order valence-corrected chi connectivity index (χ3v) is 5.59. The number of hydrogen-bond donors (Lipinski definition) is 2. The predicted molar refractivity (Wildman–Crippen MR) is 105 cm³/mol. The number of amides is 1. The molecule has 0 aliphatic heterocycles. The van der Waals surface area contributed by atoms with Gasteiger partial charge in [0.15, 0.2) is 5.69 Å². The van der Waals surface area contributed by atoms with Gasteiger partial charge in [0.1, 0.15) is 0 Å². The van der Waals surface area contributed by atoms with Crippen molar-refractivity contribution in [3.8, 4) is 16.2 Å². The van der Waals surface area contributed by atoms with Crippen LogP contribution in [0.4, 0.5) is 23.7 Å². The number of rotatable bonds is 4. The standard InChI is InChI=1S/C18H14F3N3O4S2/c1-10-23-15(18(19,20)21)16(29-10)28-17(25)24-14-5-3-2-4-13(14)11-6-8-12(9-7-11)30(22,26)27/h2-9H,1H3,(H,24,25)(H2,22,26,27). The number of ether oxygens (including phenoxy) is 1. The van der Waals surface area contributed by atoms with E-state index < -0.39 is 33.0 Å². The van der Waals surface area contributed by atoms with E-state index in [1.54, 1.807) is 18.2 Å². The summed E-state index contributed by atoms with van der Waals surface area (Å²) in [5.74, 6) is 0. The summed E-state index contributed by atoms with van der Waals surface area (Å²) in [6, 6.07) is 12.0. The van der Waals surface area contributed by atoms with E-state index >= 15 is 0 Å². The van der Waals surface area contributed by atoms with Crippen molar-refractivity contribution in [2.75, 3.05) is 5.32 Å². The van der Waals surface area contributed by atoms with E-state index in [9.17, 15) is 26.4 Å². The highest BCUT2D eigenvalue weighted by molar-refractivity contribution is 7.89. The van der Waals surface area contributed by atoms with Gasteiger partial charge in [-0.25, -0.2) is 23.3 Å². The van der Waals surface area contributed by atoms with E-state index in [2.05, 4.69) is 10.3 Å². The molecule has 7 nitrogen and oxygen atoms in total. The summed E-state index contributed by atoms with van der Waals surface area (Å²) < 4.78 is 66.7. The molecular weight excluding hydrogens is 443 g/mol. The Morgan fingerprint density at radius 2 is 1.77 bits per heavy atom. The van der Waals surface area contributed by atoms with Crippen LogP contribution in [0, 0.1) is 6.92 Å². The monoisotopic (exact) mass is 457 g/mol. The Morgan fingerprint density at radius 3 is 2.37 bits per heavy atom. The van der Waals surface area contributed by atoms with Gasteiger partial charge in [0.05, 0.1) is 15.6 Å². The minimum absolute atomic E-state index is 0.0867. The number of halogens is 3. The highest BCUT2D eigenvalue weighted by atomic mass is 32.2. The lowest BCUT2D eigenvalue weighted by Gasteiger charge is -2.12. The SMILES string of the molecule is Cc1nc(C(F)(F)F)c(OC(=O)Nc2ccccc2-c2ccc(S(N)(=O)=O)cc2)s1. The van der Waals surface area contributed by atoms with Gasteiger partial charge in [-0.1, -0.05) is 41.7 Å². The van der Waals surface area contributed by atoms with Gasteiger partial charge in [0.2, 0.25) is 15.1 Å². The number of alkyl halides is 3. The van der Waals surface area contributed by atoms with Gasteiger partial charge in [0.25, 0.3) is 0 Å². The molecule has 1 amide bonds. The van der Waals surface area contributed by atoms with E-state index in [-0.39, 0.29) is 15.6 Å². The van der Waals surface area contributed by atoms with Crippen molar-refractivity contribution in [3.63, 3.8) is 0 Å². The molecule has 0 saturated carbocycles. The number of benzene rings is 2. The third kappa shape index (κ3) is 4.96. The first kappa shape index (κ1) is 21.7. The molecular formula is C18H14F3N3O4S2. The fourth-order valence-corrected chi connectivity index (χ4v) is 3.84. The van der Waals surface area contributed by atoms with Crippen LogP contribution in [0.3, 0.4) is 0 Å². The molecule has 0 aliphatic carbocycles. The zero-order valence-corrected chi connectivity index (χ0v) is 16.9. The van der Waals surface area contributed by atoms with Crippen molar-refractivity contribution in [2.24, 2.45) is 5.14 Å². The molecule has 0 unspecified atom stereocenters. The number of anilines is 1. The molecule has 3 aromatic rings. The number of aryl methyl sites for hydroxylation is 1. The van der Waals surface area contributed by atoms with Crippen molar-refractivity contribution in [1.29, 1.82) is 0 Å². The molecule has 0 fully saturated rings. The Kier molecular flexibility index (Phi) is 5.83. The first-order chi connectivity index (χ1) is 13.9. The van der Waals surface area contributed by atoms with Gasteiger partial charge < -0.3 is 4.74 Å². The van der Waals surface area contributed by atoms with Crippen LogP contribution in [0.25, 0.3) is 11.1 Å². The lowest BCUT2D eigenvalue weighted by Crippen LogP contribution is -2.19. The minimum atomic E-state index is -4.76. The van der Waals surface area contributed by atoms with Gasteiger partial charge in [-0.3, -0.25) is 5.32 Å². The number of carbonyl (C=O) groups excluding carboxylic acids is 1. The largest absolute Gasteiger partial charge is 0.438 e. The van der Waals surface area contributed by atoms with Gasteiger partial charge in [0, 0.05) is 5.56 Å². The molecule has 30 heavy (non-hydrogen) atoms. The highest BCUT2D eigenvalue weighted by Gasteiger charge is 2.39. The summed E-state index contributed by atoms with van der Waals surface area (Å²) in [6.07, 6.45) is -5.89. The number of hydrogen-bond acceptors (Lipinski definition) is 6. The summed E-state index contributed by atoms with van der Waals surface area (Å²) in [7, 11) is -3.87. The highest BCUT2D eigenvalue weighted by Crippen LogP contribution is 2.39.